The molecule has 0 radical (unpaired) electrons. The number of carbonyl (C=O) groups excluding carboxylic acids is 2. The summed E-state index contributed by atoms with van der Waals surface area (Å²) in [6.07, 6.45) is 2.23. The molecule has 28 heavy (non-hydrogen) atoms. The topological polar surface area (TPSA) is 59.1 Å². The summed E-state index contributed by atoms with van der Waals surface area (Å²) in [5.74, 6) is 0. The highest BCUT2D eigenvalue weighted by molar-refractivity contribution is 5.69. The Labute approximate surface area is 167 Å². The molecular formula is C22H32N2O4. The summed E-state index contributed by atoms with van der Waals surface area (Å²) in [5, 5.41) is 0. The van der Waals surface area contributed by atoms with Crippen LogP contribution in [0.5, 0.6) is 0 Å². The van der Waals surface area contributed by atoms with Gasteiger partial charge < -0.3 is 19.3 Å². The van der Waals surface area contributed by atoms with Crippen LogP contribution in [0.4, 0.5) is 9.59 Å². The Morgan fingerprint density at radius 2 is 1.64 bits per heavy atom. The van der Waals surface area contributed by atoms with E-state index in [4.69, 9.17) is 9.47 Å². The van der Waals surface area contributed by atoms with E-state index < -0.39 is 5.60 Å². The van der Waals surface area contributed by atoms with Crippen LogP contribution in [0.1, 0.15) is 52.5 Å². The number of nitrogens with zero attached hydrogens (tertiary/aromatic N) is 2. The summed E-state index contributed by atoms with van der Waals surface area (Å²) < 4.78 is 11.0. The van der Waals surface area contributed by atoms with Crippen molar-refractivity contribution in [1.29, 1.82) is 0 Å². The van der Waals surface area contributed by atoms with Gasteiger partial charge in [0, 0.05) is 25.7 Å². The summed E-state index contributed by atoms with van der Waals surface area (Å²) in [7, 11) is 0. The molecule has 1 unspecified atom stereocenters. The van der Waals surface area contributed by atoms with Crippen LogP contribution in [-0.4, -0.2) is 53.3 Å². The van der Waals surface area contributed by atoms with Crippen LogP contribution in [0.3, 0.4) is 0 Å². The summed E-state index contributed by atoms with van der Waals surface area (Å²) in [5.41, 5.74) is 0.569. The maximum Gasteiger partial charge on any atom is 0.410 e. The van der Waals surface area contributed by atoms with Crippen molar-refractivity contribution in [3.8, 4) is 0 Å². The maximum absolute atomic E-state index is 12.6. The summed E-state index contributed by atoms with van der Waals surface area (Å²) in [4.78, 5) is 28.6. The predicted octanol–water partition coefficient (Wildman–Crippen LogP) is 4.43. The van der Waals surface area contributed by atoms with Gasteiger partial charge in [-0.3, -0.25) is 0 Å². The number of likely N-dealkylation sites (tertiary alicyclic amines) is 2. The molecule has 0 saturated carbocycles. The number of rotatable bonds is 2. The maximum atomic E-state index is 12.6. The fraction of sp³-hybridized carbons (Fsp3) is 0.636. The lowest BCUT2D eigenvalue weighted by Crippen LogP contribution is -2.49. The van der Waals surface area contributed by atoms with Gasteiger partial charge in [-0.2, -0.15) is 0 Å². The number of piperidine rings is 1. The molecule has 2 heterocycles. The largest absolute Gasteiger partial charge is 0.445 e. The first-order valence-electron chi connectivity index (χ1n) is 10.2. The zero-order valence-corrected chi connectivity index (χ0v) is 17.4. The molecule has 0 aromatic heterocycles. The average Bonchev–Trinajstić information content (AvgIpc) is 2.96. The summed E-state index contributed by atoms with van der Waals surface area (Å²) >= 11 is 0. The Bertz CT molecular complexity index is 690. The van der Waals surface area contributed by atoms with Gasteiger partial charge in [0.25, 0.3) is 0 Å². The van der Waals surface area contributed by atoms with Gasteiger partial charge in [-0.1, -0.05) is 30.3 Å². The van der Waals surface area contributed by atoms with E-state index in [9.17, 15) is 9.59 Å². The van der Waals surface area contributed by atoms with Crippen LogP contribution in [0, 0.1) is 5.41 Å². The highest BCUT2D eigenvalue weighted by Crippen LogP contribution is 2.45. The van der Waals surface area contributed by atoms with Gasteiger partial charge in [-0.15, -0.1) is 0 Å². The number of ether oxygens (including phenoxy) is 2. The minimum Gasteiger partial charge on any atom is -0.445 e. The third kappa shape index (κ3) is 4.59. The molecule has 1 atom stereocenters. The van der Waals surface area contributed by atoms with Crippen molar-refractivity contribution in [2.75, 3.05) is 19.6 Å². The van der Waals surface area contributed by atoms with E-state index in [1.54, 1.807) is 4.90 Å². The SMILES string of the molecule is CC1N(C(=O)OCc2ccccc2)CCC12CCN(C(=O)OC(C)(C)C)CC2. The number of benzene rings is 1. The molecule has 6 heteroatoms. The molecule has 154 valence electrons. The second-order valence-corrected chi connectivity index (χ2v) is 8.99. The standard InChI is InChI=1S/C22H32N2O4/c1-17-22(10-13-23(14-11-22)19(25)28-21(2,3)4)12-15-24(17)20(26)27-16-18-8-6-5-7-9-18/h5-9,17H,10-16H2,1-4H3. The minimum atomic E-state index is -0.480. The molecule has 1 aromatic carbocycles. The fourth-order valence-electron chi connectivity index (χ4n) is 4.26. The smallest absolute Gasteiger partial charge is 0.410 e. The van der Waals surface area contributed by atoms with Crippen molar-refractivity contribution in [3.63, 3.8) is 0 Å². The van der Waals surface area contributed by atoms with E-state index in [-0.39, 0.29) is 23.6 Å². The van der Waals surface area contributed by atoms with Crippen molar-refractivity contribution in [2.45, 2.75) is 65.2 Å². The summed E-state index contributed by atoms with van der Waals surface area (Å²) in [6.45, 7) is 10.1. The molecule has 6 nitrogen and oxygen atoms in total. The molecule has 2 amide bonds. The van der Waals surface area contributed by atoms with E-state index in [1.807, 2.05) is 56.0 Å². The lowest BCUT2D eigenvalue weighted by molar-refractivity contribution is 0.00493. The van der Waals surface area contributed by atoms with Crippen molar-refractivity contribution in [2.24, 2.45) is 5.41 Å². The zero-order valence-electron chi connectivity index (χ0n) is 17.4. The molecule has 2 fully saturated rings. The van der Waals surface area contributed by atoms with Gasteiger partial charge in [0.15, 0.2) is 0 Å². The monoisotopic (exact) mass is 388 g/mol. The lowest BCUT2D eigenvalue weighted by Gasteiger charge is -2.42. The first-order chi connectivity index (χ1) is 13.2. The van der Waals surface area contributed by atoms with Gasteiger partial charge >= 0.3 is 12.2 Å². The Morgan fingerprint density at radius 1 is 1.04 bits per heavy atom. The molecule has 0 bridgehead atoms. The van der Waals surface area contributed by atoms with Crippen molar-refractivity contribution in [3.05, 3.63) is 35.9 Å². The molecule has 3 rings (SSSR count). The Hall–Kier alpha value is -2.24. The van der Waals surface area contributed by atoms with Gasteiger partial charge in [0.1, 0.15) is 12.2 Å². The quantitative estimate of drug-likeness (QED) is 0.752. The highest BCUT2D eigenvalue weighted by atomic mass is 16.6. The fourth-order valence-corrected chi connectivity index (χ4v) is 4.26. The number of amides is 2. The van der Waals surface area contributed by atoms with Gasteiger partial charge in [0.05, 0.1) is 0 Å². The lowest BCUT2D eigenvalue weighted by atomic mass is 9.73. The predicted molar refractivity (Wildman–Crippen MR) is 107 cm³/mol. The molecule has 1 aromatic rings. The third-order valence-corrected chi connectivity index (χ3v) is 6.05. The van der Waals surface area contributed by atoms with Crippen LogP contribution in [0.2, 0.25) is 0 Å². The first-order valence-corrected chi connectivity index (χ1v) is 10.2. The molecule has 2 aliphatic rings. The van der Waals surface area contributed by atoms with Crippen LogP contribution in [-0.2, 0) is 16.1 Å². The Morgan fingerprint density at radius 3 is 2.25 bits per heavy atom. The first kappa shape index (κ1) is 20.5. The number of hydrogen-bond donors (Lipinski definition) is 0. The molecule has 2 saturated heterocycles. The van der Waals surface area contributed by atoms with Crippen LogP contribution >= 0.6 is 0 Å². The van der Waals surface area contributed by atoms with Crippen molar-refractivity contribution < 1.29 is 19.1 Å². The van der Waals surface area contributed by atoms with E-state index in [1.165, 1.54) is 0 Å². The van der Waals surface area contributed by atoms with Gasteiger partial charge in [-0.25, -0.2) is 9.59 Å². The molecule has 1 spiro atoms. The molecule has 0 aliphatic carbocycles. The third-order valence-electron chi connectivity index (χ3n) is 6.05. The Kier molecular flexibility index (Phi) is 5.87. The van der Waals surface area contributed by atoms with Crippen molar-refractivity contribution in [1.82, 2.24) is 9.80 Å². The second kappa shape index (κ2) is 8.02. The van der Waals surface area contributed by atoms with Crippen LogP contribution < -0.4 is 0 Å². The zero-order chi connectivity index (χ0) is 20.4. The van der Waals surface area contributed by atoms with Crippen molar-refractivity contribution >= 4 is 12.2 Å². The van der Waals surface area contributed by atoms with E-state index in [0.29, 0.717) is 26.2 Å². The molecule has 0 N–H and O–H groups in total. The highest BCUT2D eigenvalue weighted by Gasteiger charge is 2.49. The Balaban J connectivity index is 1.53. The van der Waals surface area contributed by atoms with Crippen LogP contribution in [0.25, 0.3) is 0 Å². The second-order valence-electron chi connectivity index (χ2n) is 8.99. The minimum absolute atomic E-state index is 0.0598. The molecule has 2 aliphatic heterocycles. The number of carbonyl (C=O) groups is 2. The summed E-state index contributed by atoms with van der Waals surface area (Å²) in [6, 6.07) is 9.84. The van der Waals surface area contributed by atoms with E-state index in [2.05, 4.69) is 6.92 Å². The number of hydrogen-bond acceptors (Lipinski definition) is 4. The van der Waals surface area contributed by atoms with Gasteiger partial charge in [0.2, 0.25) is 0 Å². The van der Waals surface area contributed by atoms with E-state index >= 15 is 0 Å². The van der Waals surface area contributed by atoms with E-state index in [0.717, 1.165) is 24.8 Å². The van der Waals surface area contributed by atoms with Crippen LogP contribution in [0.15, 0.2) is 30.3 Å². The average molecular weight is 389 g/mol. The van der Waals surface area contributed by atoms with Gasteiger partial charge in [-0.05, 0) is 57.9 Å². The molecular weight excluding hydrogens is 356 g/mol. The normalized spacial score (nSPS) is 21.6.